The average molecular weight is 392 g/mol. The molecule has 1 nitrogen and oxygen atoms in total. The van der Waals surface area contributed by atoms with Crippen molar-refractivity contribution in [2.75, 3.05) is 0 Å². The molecule has 0 spiro atoms. The zero-order valence-corrected chi connectivity index (χ0v) is 13.6. The Morgan fingerprint density at radius 2 is 1.50 bits per heavy atom. The normalized spacial score (nSPS) is 11.3. The summed E-state index contributed by atoms with van der Waals surface area (Å²) in [5.41, 5.74) is 0.202. The summed E-state index contributed by atoms with van der Waals surface area (Å²) in [4.78, 5) is 11.9. The molecule has 0 atom stereocenters. The number of hydrogen-bond acceptors (Lipinski definition) is 1. The largest absolute Gasteiger partial charge is 0.416 e. The summed E-state index contributed by atoms with van der Waals surface area (Å²) in [6, 6.07) is 11.0. The van der Waals surface area contributed by atoms with Crippen LogP contribution in [0, 0.1) is 0 Å². The first kappa shape index (κ1) is 18.5. The van der Waals surface area contributed by atoms with Gasteiger partial charge in [-0.25, -0.2) is 0 Å². The van der Waals surface area contributed by atoms with Crippen molar-refractivity contribution < 1.29 is 18.0 Å². The Hall–Kier alpha value is -1.59. The number of allylic oxidation sites excluding steroid dienone is 1. The highest BCUT2D eigenvalue weighted by Gasteiger charge is 2.30. The van der Waals surface area contributed by atoms with Crippen LogP contribution in [-0.2, 0) is 6.18 Å². The van der Waals surface area contributed by atoms with Crippen LogP contribution in [0.4, 0.5) is 13.2 Å². The van der Waals surface area contributed by atoms with E-state index in [-0.39, 0.29) is 28.3 Å². The topological polar surface area (TPSA) is 17.1 Å². The van der Waals surface area contributed by atoms with Crippen molar-refractivity contribution in [2.45, 2.75) is 6.18 Å². The molecule has 2 aromatic rings. The highest BCUT2D eigenvalue weighted by molar-refractivity contribution is 8.93. The Bertz CT molecular complexity index is 661. The summed E-state index contributed by atoms with van der Waals surface area (Å²) in [6.07, 6.45) is -1.51. The number of benzene rings is 2. The molecule has 0 aliphatic carbocycles. The lowest BCUT2D eigenvalue weighted by Crippen LogP contribution is -2.05. The van der Waals surface area contributed by atoms with Crippen LogP contribution in [0.25, 0.3) is 6.08 Å². The first-order chi connectivity index (χ1) is 9.86. The Kier molecular flexibility index (Phi) is 6.38. The monoisotopic (exact) mass is 390 g/mol. The second kappa shape index (κ2) is 7.61. The standard InChI is InChI=1S/C16H10ClF3O.BrH/c17-14-8-1-11(2-9-14)3-10-15(21)12-4-6-13(7-5-12)16(18,19)20;/h1-10H;1H. The molecule has 0 aliphatic rings. The highest BCUT2D eigenvalue weighted by atomic mass is 79.9. The molecule has 22 heavy (non-hydrogen) atoms. The van der Waals surface area contributed by atoms with Gasteiger partial charge >= 0.3 is 6.18 Å². The summed E-state index contributed by atoms with van der Waals surface area (Å²) < 4.78 is 37.2. The van der Waals surface area contributed by atoms with Gasteiger partial charge in [0.25, 0.3) is 0 Å². The van der Waals surface area contributed by atoms with E-state index < -0.39 is 11.7 Å². The van der Waals surface area contributed by atoms with Crippen LogP contribution in [0.1, 0.15) is 21.5 Å². The molecule has 0 N–H and O–H groups in total. The maximum Gasteiger partial charge on any atom is 0.416 e. The fourth-order valence-corrected chi connectivity index (χ4v) is 1.79. The number of rotatable bonds is 3. The van der Waals surface area contributed by atoms with Gasteiger partial charge < -0.3 is 0 Å². The molecule has 0 amide bonds. The van der Waals surface area contributed by atoms with Gasteiger partial charge in [-0.3, -0.25) is 4.79 Å². The predicted octanol–water partition coefficient (Wildman–Crippen LogP) is 5.83. The van der Waals surface area contributed by atoms with Crippen LogP contribution < -0.4 is 0 Å². The summed E-state index contributed by atoms with van der Waals surface area (Å²) in [6.45, 7) is 0. The first-order valence-corrected chi connectivity index (χ1v) is 6.39. The van der Waals surface area contributed by atoms with Crippen molar-refractivity contribution in [3.63, 3.8) is 0 Å². The van der Waals surface area contributed by atoms with Crippen molar-refractivity contribution in [3.8, 4) is 0 Å². The van der Waals surface area contributed by atoms with Crippen LogP contribution in [0.15, 0.2) is 54.6 Å². The maximum absolute atomic E-state index is 12.4. The van der Waals surface area contributed by atoms with Gasteiger partial charge in [0.05, 0.1) is 5.56 Å². The maximum atomic E-state index is 12.4. The lowest BCUT2D eigenvalue weighted by Gasteiger charge is -2.06. The van der Waals surface area contributed by atoms with Crippen molar-refractivity contribution in [1.82, 2.24) is 0 Å². The van der Waals surface area contributed by atoms with E-state index in [2.05, 4.69) is 0 Å². The van der Waals surface area contributed by atoms with E-state index in [1.165, 1.54) is 6.08 Å². The molecule has 0 bridgehead atoms. The third kappa shape index (κ3) is 5.00. The van der Waals surface area contributed by atoms with E-state index in [0.717, 1.165) is 29.8 Å². The third-order valence-corrected chi connectivity index (χ3v) is 3.05. The van der Waals surface area contributed by atoms with E-state index in [4.69, 9.17) is 11.6 Å². The summed E-state index contributed by atoms with van der Waals surface area (Å²) in [7, 11) is 0. The van der Waals surface area contributed by atoms with E-state index in [1.54, 1.807) is 30.3 Å². The van der Waals surface area contributed by atoms with Crippen LogP contribution in [-0.4, -0.2) is 5.78 Å². The molecule has 0 unspecified atom stereocenters. The number of ketones is 1. The van der Waals surface area contributed by atoms with Gasteiger partial charge in [0.15, 0.2) is 5.78 Å². The number of carbonyl (C=O) groups excluding carboxylic acids is 1. The zero-order valence-electron chi connectivity index (χ0n) is 11.1. The van der Waals surface area contributed by atoms with Gasteiger partial charge in [0.2, 0.25) is 0 Å². The van der Waals surface area contributed by atoms with Gasteiger partial charge in [-0.2, -0.15) is 13.2 Å². The number of hydrogen-bond donors (Lipinski definition) is 0. The van der Waals surface area contributed by atoms with E-state index in [0.29, 0.717) is 5.02 Å². The summed E-state index contributed by atoms with van der Waals surface area (Å²) in [5.74, 6) is -0.362. The number of carbonyl (C=O) groups is 1. The minimum atomic E-state index is -4.40. The molecule has 0 aromatic heterocycles. The molecule has 2 rings (SSSR count). The summed E-state index contributed by atoms with van der Waals surface area (Å²) in [5, 5.41) is 0.584. The lowest BCUT2D eigenvalue weighted by molar-refractivity contribution is -0.137. The van der Waals surface area contributed by atoms with Crippen molar-refractivity contribution in [3.05, 3.63) is 76.3 Å². The van der Waals surface area contributed by atoms with Crippen molar-refractivity contribution in [1.29, 1.82) is 0 Å². The van der Waals surface area contributed by atoms with E-state index >= 15 is 0 Å². The first-order valence-electron chi connectivity index (χ1n) is 6.01. The molecular weight excluding hydrogens is 381 g/mol. The second-order valence-corrected chi connectivity index (χ2v) is 4.76. The second-order valence-electron chi connectivity index (χ2n) is 4.32. The lowest BCUT2D eigenvalue weighted by atomic mass is 10.1. The van der Waals surface area contributed by atoms with Crippen LogP contribution >= 0.6 is 28.6 Å². The van der Waals surface area contributed by atoms with Gasteiger partial charge in [-0.05, 0) is 35.9 Å². The Morgan fingerprint density at radius 3 is 2.00 bits per heavy atom. The smallest absolute Gasteiger partial charge is 0.289 e. The van der Waals surface area contributed by atoms with Gasteiger partial charge in [0, 0.05) is 10.6 Å². The quantitative estimate of drug-likeness (QED) is 0.475. The Labute approximate surface area is 141 Å². The van der Waals surface area contributed by atoms with Gasteiger partial charge in [0.1, 0.15) is 0 Å². The average Bonchev–Trinajstić information content (AvgIpc) is 2.45. The number of halogens is 5. The molecule has 6 heteroatoms. The van der Waals surface area contributed by atoms with Crippen LogP contribution in [0.2, 0.25) is 5.02 Å². The minimum Gasteiger partial charge on any atom is -0.289 e. The molecule has 0 saturated heterocycles. The van der Waals surface area contributed by atoms with Crippen LogP contribution in [0.3, 0.4) is 0 Å². The van der Waals surface area contributed by atoms with E-state index in [1.807, 2.05) is 0 Å². The SMILES string of the molecule is Br.O=C(C=Cc1ccc(Cl)cc1)c1ccc(C(F)(F)F)cc1. The molecule has 0 aliphatic heterocycles. The van der Waals surface area contributed by atoms with E-state index in [9.17, 15) is 18.0 Å². The fraction of sp³-hybridized carbons (Fsp3) is 0.0625. The fourth-order valence-electron chi connectivity index (χ4n) is 1.67. The molecule has 2 aromatic carbocycles. The van der Waals surface area contributed by atoms with Gasteiger partial charge in [-0.15, -0.1) is 17.0 Å². The Balaban J connectivity index is 0.00000242. The van der Waals surface area contributed by atoms with Crippen LogP contribution in [0.5, 0.6) is 0 Å². The molecule has 0 fully saturated rings. The molecule has 0 radical (unpaired) electrons. The number of alkyl halides is 3. The Morgan fingerprint density at radius 1 is 0.955 bits per heavy atom. The highest BCUT2D eigenvalue weighted by Crippen LogP contribution is 2.29. The summed E-state index contributed by atoms with van der Waals surface area (Å²) >= 11 is 5.74. The third-order valence-electron chi connectivity index (χ3n) is 2.79. The minimum absolute atomic E-state index is 0. The molecule has 116 valence electrons. The van der Waals surface area contributed by atoms with Crippen molar-refractivity contribution in [2.24, 2.45) is 0 Å². The predicted molar refractivity (Wildman–Crippen MR) is 86.6 cm³/mol. The van der Waals surface area contributed by atoms with Gasteiger partial charge in [-0.1, -0.05) is 41.9 Å². The zero-order chi connectivity index (χ0) is 15.5. The molecule has 0 saturated carbocycles. The van der Waals surface area contributed by atoms with Crippen molar-refractivity contribution >= 4 is 40.4 Å². The molecular formula is C16H11BrClF3O. The molecule has 0 heterocycles.